The van der Waals surface area contributed by atoms with Gasteiger partial charge in [0.25, 0.3) is 0 Å². The Balaban J connectivity index is 2.93. The second-order valence-corrected chi connectivity index (χ2v) is 13.0. The summed E-state index contributed by atoms with van der Waals surface area (Å²) in [5.74, 6) is 0.902. The van der Waals surface area contributed by atoms with Crippen LogP contribution in [-0.4, -0.2) is 26.6 Å². The molecule has 3 heteroatoms. The van der Waals surface area contributed by atoms with E-state index < -0.39 is 8.32 Å². The van der Waals surface area contributed by atoms with Crippen molar-refractivity contribution in [2.45, 2.75) is 90.8 Å². The average molecular weight is 313 g/mol. The molecule has 0 saturated carbocycles. The number of hydrogen-bond donors (Lipinski definition) is 0. The van der Waals surface area contributed by atoms with Gasteiger partial charge in [0.15, 0.2) is 8.32 Å². The summed E-state index contributed by atoms with van der Waals surface area (Å²) in [4.78, 5) is 0. The quantitative estimate of drug-likeness (QED) is 0.499. The summed E-state index contributed by atoms with van der Waals surface area (Å²) in [6, 6.07) is 0. The van der Waals surface area contributed by atoms with E-state index in [1.807, 2.05) is 6.08 Å². The summed E-state index contributed by atoms with van der Waals surface area (Å²) >= 11 is 0. The van der Waals surface area contributed by atoms with Crippen LogP contribution in [0.15, 0.2) is 12.7 Å². The molecule has 1 aliphatic rings. The van der Waals surface area contributed by atoms with Crippen molar-refractivity contribution in [3.8, 4) is 0 Å². The van der Waals surface area contributed by atoms with Gasteiger partial charge in [0.1, 0.15) is 0 Å². The predicted octanol–water partition coefficient (Wildman–Crippen LogP) is 5.40. The summed E-state index contributed by atoms with van der Waals surface area (Å²) in [7, 11) is -1.77. The number of hydrogen-bond acceptors (Lipinski definition) is 2. The molecule has 1 fully saturated rings. The van der Waals surface area contributed by atoms with Crippen molar-refractivity contribution in [2.75, 3.05) is 0 Å². The van der Waals surface area contributed by atoms with E-state index in [9.17, 15) is 0 Å². The maximum Gasteiger partial charge on any atom is 0.192 e. The summed E-state index contributed by atoms with van der Waals surface area (Å²) in [6.07, 6.45) is 4.91. The van der Waals surface area contributed by atoms with Crippen molar-refractivity contribution in [1.29, 1.82) is 0 Å². The van der Waals surface area contributed by atoms with Crippen molar-refractivity contribution in [2.24, 2.45) is 11.8 Å². The van der Waals surface area contributed by atoms with E-state index in [4.69, 9.17) is 9.16 Å². The first-order chi connectivity index (χ1) is 9.53. The van der Waals surface area contributed by atoms with E-state index in [1.54, 1.807) is 0 Å². The zero-order valence-corrected chi connectivity index (χ0v) is 16.4. The van der Waals surface area contributed by atoms with Crippen LogP contribution < -0.4 is 0 Å². The minimum absolute atomic E-state index is 0.151. The van der Waals surface area contributed by atoms with Gasteiger partial charge in [-0.1, -0.05) is 47.6 Å². The average Bonchev–Trinajstić information content (AvgIpc) is 2.36. The van der Waals surface area contributed by atoms with Crippen molar-refractivity contribution in [3.05, 3.63) is 12.7 Å². The van der Waals surface area contributed by atoms with Crippen molar-refractivity contribution in [3.63, 3.8) is 0 Å². The highest BCUT2D eigenvalue weighted by Crippen LogP contribution is 2.41. The Labute approximate surface area is 133 Å². The topological polar surface area (TPSA) is 18.5 Å². The molecule has 0 bridgehead atoms. The monoisotopic (exact) mass is 312 g/mol. The molecule has 0 N–H and O–H groups in total. The molecule has 1 rings (SSSR count). The molecule has 1 heterocycles. The van der Waals surface area contributed by atoms with Gasteiger partial charge in [0, 0.05) is 5.92 Å². The first kappa shape index (κ1) is 18.9. The molecular formula is C18H36O2Si. The van der Waals surface area contributed by atoms with Crippen LogP contribution in [0.1, 0.15) is 54.4 Å². The molecule has 0 aromatic rings. The third-order valence-electron chi connectivity index (χ3n) is 5.48. The zero-order chi connectivity index (χ0) is 16.4. The van der Waals surface area contributed by atoms with Crippen molar-refractivity contribution < 1.29 is 9.16 Å². The van der Waals surface area contributed by atoms with Gasteiger partial charge in [-0.3, -0.25) is 0 Å². The van der Waals surface area contributed by atoms with Crippen LogP contribution in [0.25, 0.3) is 0 Å². The molecule has 0 amide bonds. The highest BCUT2D eigenvalue weighted by Gasteiger charge is 2.44. The first-order valence-corrected chi connectivity index (χ1v) is 11.4. The second kappa shape index (κ2) is 6.97. The Hall–Kier alpha value is -0.123. The fourth-order valence-electron chi connectivity index (χ4n) is 2.84. The minimum Gasteiger partial charge on any atom is -0.411 e. The van der Waals surface area contributed by atoms with E-state index in [0.717, 1.165) is 12.8 Å². The molecule has 5 atom stereocenters. The third-order valence-corrected chi connectivity index (χ3v) is 9.99. The van der Waals surface area contributed by atoms with Crippen molar-refractivity contribution >= 4 is 8.32 Å². The van der Waals surface area contributed by atoms with Crippen LogP contribution >= 0.6 is 0 Å². The lowest BCUT2D eigenvalue weighted by molar-refractivity contribution is -0.149. The summed E-state index contributed by atoms with van der Waals surface area (Å²) in [5, 5.41) is 0.236. The molecule has 2 nitrogen and oxygen atoms in total. The lowest BCUT2D eigenvalue weighted by Gasteiger charge is -2.47. The largest absolute Gasteiger partial charge is 0.411 e. The Morgan fingerprint density at radius 1 is 1.38 bits per heavy atom. The summed E-state index contributed by atoms with van der Waals surface area (Å²) < 4.78 is 13.1. The zero-order valence-electron chi connectivity index (χ0n) is 15.4. The minimum atomic E-state index is -1.77. The molecule has 0 radical (unpaired) electrons. The lowest BCUT2D eigenvalue weighted by atomic mass is 9.86. The summed E-state index contributed by atoms with van der Waals surface area (Å²) in [6.45, 7) is 22.2. The van der Waals surface area contributed by atoms with Gasteiger partial charge in [0.05, 0.1) is 18.3 Å². The SMILES string of the molecule is C=C[C@H](C)[C@@H]1O[C@H](CC)[C@H](C)C[C@@H]1O[Si](C)(C)C(C)(C)C. The maximum absolute atomic E-state index is 6.71. The molecule has 0 aromatic carbocycles. The molecule has 0 aromatic heterocycles. The van der Waals surface area contributed by atoms with Crippen LogP contribution in [0.3, 0.4) is 0 Å². The lowest BCUT2D eigenvalue weighted by Crippen LogP contribution is -2.53. The van der Waals surface area contributed by atoms with Gasteiger partial charge >= 0.3 is 0 Å². The van der Waals surface area contributed by atoms with Gasteiger partial charge in [-0.05, 0) is 36.9 Å². The van der Waals surface area contributed by atoms with E-state index in [-0.39, 0.29) is 17.2 Å². The second-order valence-electron chi connectivity index (χ2n) is 8.27. The van der Waals surface area contributed by atoms with Crippen LogP contribution in [0.2, 0.25) is 18.1 Å². The van der Waals surface area contributed by atoms with Gasteiger partial charge in [-0.15, -0.1) is 6.58 Å². The van der Waals surface area contributed by atoms with Gasteiger partial charge in [0.2, 0.25) is 0 Å². The maximum atomic E-state index is 6.71. The van der Waals surface area contributed by atoms with E-state index in [0.29, 0.717) is 17.9 Å². The number of ether oxygens (including phenoxy) is 1. The van der Waals surface area contributed by atoms with Crippen LogP contribution in [0.5, 0.6) is 0 Å². The molecule has 0 unspecified atom stereocenters. The van der Waals surface area contributed by atoms with Gasteiger partial charge in [-0.2, -0.15) is 0 Å². The molecule has 0 aliphatic carbocycles. The molecule has 1 aliphatic heterocycles. The molecule has 0 spiro atoms. The third kappa shape index (κ3) is 4.43. The van der Waals surface area contributed by atoms with Gasteiger partial charge < -0.3 is 9.16 Å². The Morgan fingerprint density at radius 3 is 2.38 bits per heavy atom. The highest BCUT2D eigenvalue weighted by molar-refractivity contribution is 6.74. The van der Waals surface area contributed by atoms with Crippen LogP contribution in [0, 0.1) is 11.8 Å². The van der Waals surface area contributed by atoms with Gasteiger partial charge in [-0.25, -0.2) is 0 Å². The van der Waals surface area contributed by atoms with E-state index >= 15 is 0 Å². The van der Waals surface area contributed by atoms with E-state index in [1.165, 1.54) is 0 Å². The van der Waals surface area contributed by atoms with Crippen molar-refractivity contribution in [1.82, 2.24) is 0 Å². The van der Waals surface area contributed by atoms with Crippen LogP contribution in [0.4, 0.5) is 0 Å². The summed E-state index contributed by atoms with van der Waals surface area (Å²) in [5.41, 5.74) is 0. The van der Waals surface area contributed by atoms with Crippen LogP contribution in [-0.2, 0) is 9.16 Å². The molecule has 21 heavy (non-hydrogen) atoms. The Bertz CT molecular complexity index is 346. The number of rotatable bonds is 5. The first-order valence-electron chi connectivity index (χ1n) is 8.49. The molecular weight excluding hydrogens is 276 g/mol. The Morgan fingerprint density at radius 2 is 1.95 bits per heavy atom. The van der Waals surface area contributed by atoms with E-state index in [2.05, 4.69) is 61.2 Å². The smallest absolute Gasteiger partial charge is 0.192 e. The Kier molecular flexibility index (Phi) is 6.28. The fraction of sp³-hybridized carbons (Fsp3) is 0.889. The molecule has 1 saturated heterocycles. The highest BCUT2D eigenvalue weighted by atomic mass is 28.4. The molecule has 124 valence electrons. The standard InChI is InChI=1S/C18H36O2Si/c1-10-13(3)17-16(12-14(4)15(11-2)19-17)20-21(8,9)18(5,6)7/h10,13-17H,1,11-12H2,2-9H3/t13-,14+,15+,16-,17-/m0/s1. The normalized spacial score (nSPS) is 32.8. The predicted molar refractivity (Wildman–Crippen MR) is 94.2 cm³/mol. The fourth-order valence-corrected chi connectivity index (χ4v) is 4.18.